The van der Waals surface area contributed by atoms with E-state index in [1.807, 2.05) is 4.68 Å². The monoisotopic (exact) mass is 333 g/mol. The van der Waals surface area contributed by atoms with E-state index in [1.165, 1.54) is 6.33 Å². The summed E-state index contributed by atoms with van der Waals surface area (Å²) >= 11 is 18.0. The molecule has 7 heteroatoms. The minimum absolute atomic E-state index is 0.275. The highest BCUT2D eigenvalue weighted by molar-refractivity contribution is 6.35. The normalized spacial score (nSPS) is 10.8. The molecule has 0 atom stereocenters. The quantitative estimate of drug-likeness (QED) is 0.739. The van der Waals surface area contributed by atoms with Gasteiger partial charge in [-0.2, -0.15) is 5.10 Å². The van der Waals surface area contributed by atoms with Gasteiger partial charge in [0.1, 0.15) is 18.7 Å². The molecule has 0 amide bonds. The van der Waals surface area contributed by atoms with Crippen LogP contribution in [0.15, 0.2) is 18.5 Å². The van der Waals surface area contributed by atoms with Gasteiger partial charge < -0.3 is 4.74 Å². The number of nitrogens with zero attached hydrogens (tertiary/aromatic N) is 3. The van der Waals surface area contributed by atoms with Crippen LogP contribution in [0, 0.1) is 0 Å². The first-order chi connectivity index (χ1) is 9.65. The van der Waals surface area contributed by atoms with Gasteiger partial charge in [0.05, 0.1) is 10.9 Å². The molecule has 0 aliphatic carbocycles. The lowest BCUT2D eigenvalue weighted by atomic mass is 10.2. The summed E-state index contributed by atoms with van der Waals surface area (Å²) in [7, 11) is 0. The van der Waals surface area contributed by atoms with Crippen molar-refractivity contribution in [1.82, 2.24) is 14.8 Å². The first-order valence-corrected chi connectivity index (χ1v) is 7.48. The van der Waals surface area contributed by atoms with Crippen LogP contribution in [0.4, 0.5) is 0 Å². The van der Waals surface area contributed by atoms with E-state index in [-0.39, 0.29) is 12.5 Å². The van der Waals surface area contributed by atoms with Crippen molar-refractivity contribution in [3.05, 3.63) is 39.9 Å². The molecule has 1 aromatic carbocycles. The average Bonchev–Trinajstić information content (AvgIpc) is 2.85. The van der Waals surface area contributed by atoms with Gasteiger partial charge in [0.15, 0.2) is 5.82 Å². The zero-order valence-electron chi connectivity index (χ0n) is 10.9. The molecule has 2 rings (SSSR count). The van der Waals surface area contributed by atoms with Crippen molar-refractivity contribution >= 4 is 34.8 Å². The molecule has 0 unspecified atom stereocenters. The number of hydrogen-bond acceptors (Lipinski definition) is 3. The SMILES string of the molecule is CCCn1ncnc1COc1c(Cl)cc(Cl)cc1CCl. The van der Waals surface area contributed by atoms with E-state index in [0.717, 1.165) is 24.4 Å². The van der Waals surface area contributed by atoms with Crippen molar-refractivity contribution in [3.63, 3.8) is 0 Å². The van der Waals surface area contributed by atoms with Gasteiger partial charge in [-0.05, 0) is 18.6 Å². The fraction of sp³-hybridized carbons (Fsp3) is 0.385. The van der Waals surface area contributed by atoms with Gasteiger partial charge in [-0.1, -0.05) is 30.1 Å². The van der Waals surface area contributed by atoms with E-state index in [0.29, 0.717) is 15.8 Å². The van der Waals surface area contributed by atoms with E-state index in [2.05, 4.69) is 17.0 Å². The third-order valence-electron chi connectivity index (χ3n) is 2.71. The predicted molar refractivity (Wildman–Crippen MR) is 80.7 cm³/mol. The molecular formula is C13H14Cl3N3O. The number of rotatable bonds is 6. The Morgan fingerprint density at radius 1 is 1.30 bits per heavy atom. The first kappa shape index (κ1) is 15.4. The van der Waals surface area contributed by atoms with Crippen LogP contribution < -0.4 is 4.74 Å². The van der Waals surface area contributed by atoms with Crippen LogP contribution in [-0.2, 0) is 19.0 Å². The minimum Gasteiger partial charge on any atom is -0.484 e. The molecule has 108 valence electrons. The first-order valence-electron chi connectivity index (χ1n) is 6.19. The maximum absolute atomic E-state index is 6.14. The number of halogens is 3. The van der Waals surface area contributed by atoms with Crippen molar-refractivity contribution in [2.75, 3.05) is 0 Å². The molecule has 2 aromatic rings. The maximum atomic E-state index is 6.14. The number of hydrogen-bond donors (Lipinski definition) is 0. The summed E-state index contributed by atoms with van der Waals surface area (Å²) in [4.78, 5) is 4.18. The molecule has 0 radical (unpaired) electrons. The van der Waals surface area contributed by atoms with Crippen LogP contribution in [0.2, 0.25) is 10.0 Å². The number of benzene rings is 1. The highest BCUT2D eigenvalue weighted by Crippen LogP contribution is 2.33. The van der Waals surface area contributed by atoms with Gasteiger partial charge in [0.25, 0.3) is 0 Å². The Bertz CT molecular complexity index is 586. The molecule has 1 heterocycles. The fourth-order valence-corrected chi connectivity index (χ4v) is 2.60. The summed E-state index contributed by atoms with van der Waals surface area (Å²) in [6.45, 7) is 3.16. The van der Waals surface area contributed by atoms with Gasteiger partial charge in [-0.3, -0.25) is 0 Å². The van der Waals surface area contributed by atoms with Gasteiger partial charge in [-0.15, -0.1) is 11.6 Å². The van der Waals surface area contributed by atoms with E-state index < -0.39 is 0 Å². The molecule has 0 aliphatic heterocycles. The lowest BCUT2D eigenvalue weighted by Crippen LogP contribution is -2.09. The molecule has 0 saturated carbocycles. The smallest absolute Gasteiger partial charge is 0.164 e. The molecule has 1 aromatic heterocycles. The minimum atomic E-state index is 0.275. The largest absolute Gasteiger partial charge is 0.484 e. The fourth-order valence-electron chi connectivity index (χ4n) is 1.81. The Morgan fingerprint density at radius 2 is 2.10 bits per heavy atom. The Morgan fingerprint density at radius 3 is 2.80 bits per heavy atom. The van der Waals surface area contributed by atoms with Crippen molar-refractivity contribution in [1.29, 1.82) is 0 Å². The molecule has 0 fully saturated rings. The maximum Gasteiger partial charge on any atom is 0.164 e. The summed E-state index contributed by atoms with van der Waals surface area (Å²) < 4.78 is 7.56. The molecule has 0 aliphatic rings. The third-order valence-corrected chi connectivity index (χ3v) is 3.49. The summed E-state index contributed by atoms with van der Waals surface area (Å²) in [5, 5.41) is 5.12. The summed E-state index contributed by atoms with van der Waals surface area (Å²) in [5.41, 5.74) is 0.755. The number of ether oxygens (including phenoxy) is 1. The van der Waals surface area contributed by atoms with Crippen molar-refractivity contribution in [3.8, 4) is 5.75 Å². The Balaban J connectivity index is 2.16. The van der Waals surface area contributed by atoms with Crippen LogP contribution in [0.5, 0.6) is 5.75 Å². The van der Waals surface area contributed by atoms with Crippen molar-refractivity contribution < 1.29 is 4.74 Å². The van der Waals surface area contributed by atoms with E-state index in [4.69, 9.17) is 39.5 Å². The topological polar surface area (TPSA) is 39.9 Å². The average molecular weight is 335 g/mol. The van der Waals surface area contributed by atoms with E-state index >= 15 is 0 Å². The zero-order valence-corrected chi connectivity index (χ0v) is 13.2. The van der Waals surface area contributed by atoms with Crippen LogP contribution in [0.1, 0.15) is 24.7 Å². The number of aryl methyl sites for hydroxylation is 1. The van der Waals surface area contributed by atoms with Gasteiger partial charge in [0.2, 0.25) is 0 Å². The summed E-state index contributed by atoms with van der Waals surface area (Å²) in [5.74, 6) is 1.56. The summed E-state index contributed by atoms with van der Waals surface area (Å²) in [6, 6.07) is 3.37. The standard InChI is InChI=1S/C13H14Cl3N3O/c1-2-3-19-12(17-8-18-19)7-20-13-9(6-14)4-10(15)5-11(13)16/h4-5,8H,2-3,6-7H2,1H3. The molecule has 0 bridgehead atoms. The van der Waals surface area contributed by atoms with Crippen LogP contribution in [0.3, 0.4) is 0 Å². The van der Waals surface area contributed by atoms with Gasteiger partial charge in [-0.25, -0.2) is 9.67 Å². The highest BCUT2D eigenvalue weighted by Gasteiger charge is 2.12. The second-order valence-corrected chi connectivity index (χ2v) is 5.31. The molecule has 4 nitrogen and oxygen atoms in total. The van der Waals surface area contributed by atoms with Gasteiger partial charge in [0, 0.05) is 17.1 Å². The second kappa shape index (κ2) is 7.16. The molecule has 0 saturated heterocycles. The summed E-state index contributed by atoms with van der Waals surface area (Å²) in [6.07, 6.45) is 2.49. The number of aromatic nitrogens is 3. The number of alkyl halides is 1. The van der Waals surface area contributed by atoms with E-state index in [1.54, 1.807) is 12.1 Å². The van der Waals surface area contributed by atoms with E-state index in [9.17, 15) is 0 Å². The van der Waals surface area contributed by atoms with Crippen molar-refractivity contribution in [2.24, 2.45) is 0 Å². The molecule has 20 heavy (non-hydrogen) atoms. The lowest BCUT2D eigenvalue weighted by Gasteiger charge is -2.12. The lowest BCUT2D eigenvalue weighted by molar-refractivity contribution is 0.284. The zero-order chi connectivity index (χ0) is 14.5. The Kier molecular flexibility index (Phi) is 5.52. The van der Waals surface area contributed by atoms with Crippen molar-refractivity contribution in [2.45, 2.75) is 32.4 Å². The van der Waals surface area contributed by atoms with Gasteiger partial charge >= 0.3 is 0 Å². The third kappa shape index (κ3) is 3.57. The molecule has 0 N–H and O–H groups in total. The van der Waals surface area contributed by atoms with Crippen LogP contribution in [0.25, 0.3) is 0 Å². The molecular weight excluding hydrogens is 321 g/mol. The second-order valence-electron chi connectivity index (χ2n) is 4.20. The highest BCUT2D eigenvalue weighted by atomic mass is 35.5. The van der Waals surface area contributed by atoms with Crippen LogP contribution in [-0.4, -0.2) is 14.8 Å². The molecule has 0 spiro atoms. The van der Waals surface area contributed by atoms with Crippen LogP contribution >= 0.6 is 34.8 Å². The predicted octanol–water partition coefficient (Wildman–Crippen LogP) is 4.31. The Hall–Kier alpha value is -0.970. The Labute approximate surface area is 132 Å².